The molecular weight excluding hydrogens is 350 g/mol. The lowest BCUT2D eigenvalue weighted by Gasteiger charge is -2.14. The SMILES string of the molecule is C=CCc1ccccc1OCCCCn1c(C(C)NC=O)nc2ccccc21. The molecule has 2 aromatic carbocycles. The van der Waals surface area contributed by atoms with Crippen molar-refractivity contribution in [3.63, 3.8) is 0 Å². The Bertz CT molecular complexity index is 932. The summed E-state index contributed by atoms with van der Waals surface area (Å²) >= 11 is 0. The third-order valence-corrected chi connectivity index (χ3v) is 4.76. The van der Waals surface area contributed by atoms with Crippen LogP contribution in [0.5, 0.6) is 5.75 Å². The number of nitrogens with zero attached hydrogens (tertiary/aromatic N) is 2. The third-order valence-electron chi connectivity index (χ3n) is 4.76. The number of benzene rings is 2. The minimum atomic E-state index is -0.132. The van der Waals surface area contributed by atoms with E-state index < -0.39 is 0 Å². The number of aromatic nitrogens is 2. The molecule has 1 atom stereocenters. The number of ether oxygens (including phenoxy) is 1. The quantitative estimate of drug-likeness (QED) is 0.305. The van der Waals surface area contributed by atoms with Gasteiger partial charge in [0.05, 0.1) is 23.7 Å². The monoisotopic (exact) mass is 377 g/mol. The summed E-state index contributed by atoms with van der Waals surface area (Å²) < 4.78 is 8.18. The maximum atomic E-state index is 10.9. The zero-order valence-corrected chi connectivity index (χ0v) is 16.3. The van der Waals surface area contributed by atoms with E-state index in [0.29, 0.717) is 6.61 Å². The highest BCUT2D eigenvalue weighted by molar-refractivity contribution is 5.76. The van der Waals surface area contributed by atoms with Crippen molar-refractivity contribution in [2.45, 2.75) is 38.8 Å². The molecule has 0 bridgehead atoms. The molecule has 0 spiro atoms. The minimum Gasteiger partial charge on any atom is -0.493 e. The first-order valence-corrected chi connectivity index (χ1v) is 9.71. The van der Waals surface area contributed by atoms with Crippen LogP contribution in [0.15, 0.2) is 61.2 Å². The predicted molar refractivity (Wildman–Crippen MR) is 112 cm³/mol. The van der Waals surface area contributed by atoms with Gasteiger partial charge in [-0.25, -0.2) is 4.98 Å². The van der Waals surface area contributed by atoms with Gasteiger partial charge in [-0.05, 0) is 49.9 Å². The second-order valence-corrected chi connectivity index (χ2v) is 6.77. The fourth-order valence-electron chi connectivity index (χ4n) is 3.36. The van der Waals surface area contributed by atoms with Crippen LogP contribution < -0.4 is 10.1 Å². The van der Waals surface area contributed by atoms with Crippen molar-refractivity contribution in [3.05, 3.63) is 72.6 Å². The van der Waals surface area contributed by atoms with Gasteiger partial charge in [-0.3, -0.25) is 4.79 Å². The zero-order chi connectivity index (χ0) is 19.8. The van der Waals surface area contributed by atoms with Crippen molar-refractivity contribution in [1.82, 2.24) is 14.9 Å². The number of carbonyl (C=O) groups excluding carboxylic acids is 1. The highest BCUT2D eigenvalue weighted by Gasteiger charge is 2.15. The van der Waals surface area contributed by atoms with Gasteiger partial charge in [0.15, 0.2) is 0 Å². The molecule has 3 aromatic rings. The standard InChI is InChI=1S/C23H27N3O2/c1-3-10-19-11-4-7-14-22(19)28-16-9-8-15-26-21-13-6-5-12-20(21)25-23(26)18(2)24-17-27/h3-7,11-14,17-18H,1,8-10,15-16H2,2H3,(H,24,27). The maximum Gasteiger partial charge on any atom is 0.207 e. The minimum absolute atomic E-state index is 0.132. The van der Waals surface area contributed by atoms with Gasteiger partial charge in [0.2, 0.25) is 6.41 Å². The molecule has 0 aliphatic rings. The molecule has 1 amide bonds. The van der Waals surface area contributed by atoms with E-state index in [1.807, 2.05) is 49.4 Å². The summed E-state index contributed by atoms with van der Waals surface area (Å²) in [7, 11) is 0. The van der Waals surface area contributed by atoms with Crippen LogP contribution in [0.4, 0.5) is 0 Å². The summed E-state index contributed by atoms with van der Waals surface area (Å²) in [6.45, 7) is 7.25. The molecule has 1 N–H and O–H groups in total. The molecule has 5 nitrogen and oxygen atoms in total. The van der Waals surface area contributed by atoms with Crippen molar-refractivity contribution in [2.75, 3.05) is 6.61 Å². The van der Waals surface area contributed by atoms with E-state index in [4.69, 9.17) is 9.72 Å². The summed E-state index contributed by atoms with van der Waals surface area (Å²) in [4.78, 5) is 15.6. The molecule has 5 heteroatoms. The van der Waals surface area contributed by atoms with Crippen LogP contribution in [-0.4, -0.2) is 22.6 Å². The van der Waals surface area contributed by atoms with Gasteiger partial charge < -0.3 is 14.6 Å². The van der Waals surface area contributed by atoms with Gasteiger partial charge in [0, 0.05) is 6.54 Å². The molecule has 3 rings (SSSR count). The zero-order valence-electron chi connectivity index (χ0n) is 16.3. The van der Waals surface area contributed by atoms with Crippen LogP contribution in [0.3, 0.4) is 0 Å². The molecule has 146 valence electrons. The largest absolute Gasteiger partial charge is 0.493 e. The summed E-state index contributed by atoms with van der Waals surface area (Å²) in [6, 6.07) is 16.0. The number of aryl methyl sites for hydroxylation is 1. The van der Waals surface area contributed by atoms with Crippen molar-refractivity contribution >= 4 is 17.4 Å². The molecule has 0 saturated carbocycles. The van der Waals surface area contributed by atoms with Gasteiger partial charge >= 0.3 is 0 Å². The molecular formula is C23H27N3O2. The second-order valence-electron chi connectivity index (χ2n) is 6.77. The summed E-state index contributed by atoms with van der Waals surface area (Å²) in [5, 5.41) is 2.81. The smallest absolute Gasteiger partial charge is 0.207 e. The highest BCUT2D eigenvalue weighted by Crippen LogP contribution is 2.22. The number of para-hydroxylation sites is 3. The van der Waals surface area contributed by atoms with Crippen LogP contribution in [0, 0.1) is 0 Å². The van der Waals surface area contributed by atoms with Crippen LogP contribution in [0.2, 0.25) is 0 Å². The lowest BCUT2D eigenvalue weighted by molar-refractivity contribution is -0.110. The maximum absolute atomic E-state index is 10.9. The van der Waals surface area contributed by atoms with Crippen molar-refractivity contribution in [1.29, 1.82) is 0 Å². The van der Waals surface area contributed by atoms with Crippen molar-refractivity contribution in [3.8, 4) is 5.75 Å². The van der Waals surface area contributed by atoms with Crippen LogP contribution in [-0.2, 0) is 17.8 Å². The number of fused-ring (bicyclic) bond motifs is 1. The second kappa shape index (κ2) is 9.74. The number of rotatable bonds is 11. The number of nitrogens with one attached hydrogen (secondary N) is 1. The van der Waals surface area contributed by atoms with Gasteiger partial charge in [-0.1, -0.05) is 36.4 Å². The average molecular weight is 377 g/mol. The Balaban J connectivity index is 1.62. The molecule has 1 unspecified atom stereocenters. The molecule has 0 fully saturated rings. The van der Waals surface area contributed by atoms with E-state index in [1.165, 1.54) is 0 Å². The highest BCUT2D eigenvalue weighted by atomic mass is 16.5. The lowest BCUT2D eigenvalue weighted by atomic mass is 10.1. The van der Waals surface area contributed by atoms with Crippen molar-refractivity contribution in [2.24, 2.45) is 0 Å². The number of imidazole rings is 1. The summed E-state index contributed by atoms with van der Waals surface area (Å²) in [5.74, 6) is 1.81. The Morgan fingerprint density at radius 3 is 2.79 bits per heavy atom. The molecule has 28 heavy (non-hydrogen) atoms. The Labute approximate surface area is 166 Å². The number of carbonyl (C=O) groups is 1. The summed E-state index contributed by atoms with van der Waals surface area (Å²) in [6.07, 6.45) is 5.32. The predicted octanol–water partition coefficient (Wildman–Crippen LogP) is 4.43. The van der Waals surface area contributed by atoms with Gasteiger partial charge in [-0.15, -0.1) is 6.58 Å². The van der Waals surface area contributed by atoms with E-state index in [0.717, 1.165) is 60.4 Å². The fourth-order valence-corrected chi connectivity index (χ4v) is 3.36. The van der Waals surface area contributed by atoms with E-state index in [-0.39, 0.29) is 6.04 Å². The molecule has 0 saturated heterocycles. The number of hydrogen-bond donors (Lipinski definition) is 1. The van der Waals surface area contributed by atoms with E-state index in [1.54, 1.807) is 0 Å². The normalized spacial score (nSPS) is 11.9. The number of amides is 1. The van der Waals surface area contributed by atoms with E-state index in [9.17, 15) is 4.79 Å². The van der Waals surface area contributed by atoms with E-state index in [2.05, 4.69) is 28.6 Å². The Morgan fingerprint density at radius 1 is 1.18 bits per heavy atom. The Hall–Kier alpha value is -3.08. The molecule has 0 radical (unpaired) electrons. The molecule has 0 aliphatic carbocycles. The Morgan fingerprint density at radius 2 is 1.96 bits per heavy atom. The van der Waals surface area contributed by atoms with Gasteiger partial charge in [0.25, 0.3) is 0 Å². The van der Waals surface area contributed by atoms with Crippen LogP contribution in [0.25, 0.3) is 11.0 Å². The molecule has 1 aromatic heterocycles. The Kier molecular flexibility index (Phi) is 6.84. The van der Waals surface area contributed by atoms with Crippen LogP contribution >= 0.6 is 0 Å². The topological polar surface area (TPSA) is 56.1 Å². The first-order valence-electron chi connectivity index (χ1n) is 9.71. The lowest BCUT2D eigenvalue weighted by Crippen LogP contribution is -2.20. The number of allylic oxidation sites excluding steroid dienone is 1. The van der Waals surface area contributed by atoms with Gasteiger partial charge in [0.1, 0.15) is 11.6 Å². The number of hydrogen-bond acceptors (Lipinski definition) is 3. The number of unbranched alkanes of at least 4 members (excludes halogenated alkanes) is 1. The fraction of sp³-hybridized carbons (Fsp3) is 0.304. The molecule has 1 heterocycles. The van der Waals surface area contributed by atoms with Gasteiger partial charge in [-0.2, -0.15) is 0 Å². The summed E-state index contributed by atoms with van der Waals surface area (Å²) in [5.41, 5.74) is 3.20. The van der Waals surface area contributed by atoms with E-state index >= 15 is 0 Å². The average Bonchev–Trinajstić information content (AvgIpc) is 3.08. The first kappa shape index (κ1) is 19.7. The molecule has 0 aliphatic heterocycles. The first-order chi connectivity index (χ1) is 13.7. The van der Waals surface area contributed by atoms with Crippen LogP contribution in [0.1, 0.15) is 37.2 Å². The van der Waals surface area contributed by atoms with Crippen molar-refractivity contribution < 1.29 is 9.53 Å². The third kappa shape index (κ3) is 4.60.